The van der Waals surface area contributed by atoms with Gasteiger partial charge in [-0.1, -0.05) is 0 Å². The molecule has 1 aromatic heterocycles. The normalized spacial score (nSPS) is 10.1. The smallest absolute Gasteiger partial charge is 0.249 e. The van der Waals surface area contributed by atoms with Crippen molar-refractivity contribution >= 4 is 23.1 Å². The summed E-state index contributed by atoms with van der Waals surface area (Å²) in [5.41, 5.74) is 1.46. The molecule has 0 atom stereocenters. The van der Waals surface area contributed by atoms with Gasteiger partial charge in [-0.3, -0.25) is 0 Å². The van der Waals surface area contributed by atoms with Crippen LogP contribution in [0, 0.1) is 0 Å². The van der Waals surface area contributed by atoms with Crippen molar-refractivity contribution in [1.82, 2.24) is 15.2 Å². The maximum Gasteiger partial charge on any atom is 0.249 e. The molecule has 1 heterocycles. The van der Waals surface area contributed by atoms with E-state index in [4.69, 9.17) is 18.9 Å². The Balaban J connectivity index is 1.79. The molecule has 0 amide bonds. The van der Waals surface area contributed by atoms with Gasteiger partial charge in [0.25, 0.3) is 0 Å². The Kier molecular flexibility index (Phi) is 5.95. The summed E-state index contributed by atoms with van der Waals surface area (Å²) in [4.78, 5) is 4.42. The molecular weight excluding hydrogens is 362 g/mol. The molecule has 2 N–H and O–H groups in total. The molecule has 0 saturated heterocycles. The van der Waals surface area contributed by atoms with Crippen LogP contribution >= 0.6 is 0 Å². The van der Waals surface area contributed by atoms with E-state index in [1.54, 1.807) is 46.6 Å². The van der Waals surface area contributed by atoms with Crippen LogP contribution in [-0.2, 0) is 0 Å². The van der Waals surface area contributed by atoms with E-state index in [-0.39, 0.29) is 0 Å². The molecule has 146 valence electrons. The van der Waals surface area contributed by atoms with Gasteiger partial charge in [-0.05, 0) is 24.3 Å². The van der Waals surface area contributed by atoms with Gasteiger partial charge >= 0.3 is 0 Å². The Morgan fingerprint density at radius 3 is 2.25 bits per heavy atom. The summed E-state index contributed by atoms with van der Waals surface area (Å²) in [5.74, 6) is 3.36. The lowest BCUT2D eigenvalue weighted by Gasteiger charge is -2.12. The SMILES string of the molecule is COc1ccc(Nc2nncc(Nc3ccc(OC)c(OC)c3)n2)c(OC)c1. The van der Waals surface area contributed by atoms with Gasteiger partial charge in [-0.2, -0.15) is 10.1 Å². The lowest BCUT2D eigenvalue weighted by atomic mass is 10.2. The maximum atomic E-state index is 5.37. The number of ether oxygens (including phenoxy) is 4. The molecule has 0 aliphatic carbocycles. The van der Waals surface area contributed by atoms with Crippen molar-refractivity contribution in [2.75, 3.05) is 39.1 Å². The standard InChI is InChI=1S/C19H21N5O4/c1-25-13-6-7-14(16(10-13)27-3)22-19-23-18(11-20-24-19)21-12-5-8-15(26-2)17(9-12)28-4/h5-11H,1-4H3,(H2,21,22,23,24). The highest BCUT2D eigenvalue weighted by molar-refractivity contribution is 5.66. The number of hydrogen-bond acceptors (Lipinski definition) is 9. The van der Waals surface area contributed by atoms with Crippen LogP contribution in [0.1, 0.15) is 0 Å². The lowest BCUT2D eigenvalue weighted by Crippen LogP contribution is -2.03. The summed E-state index contributed by atoms with van der Waals surface area (Å²) >= 11 is 0. The number of benzene rings is 2. The molecule has 0 bridgehead atoms. The third-order valence-corrected chi connectivity index (χ3v) is 3.87. The molecule has 0 aliphatic heterocycles. The fourth-order valence-corrected chi connectivity index (χ4v) is 2.50. The van der Waals surface area contributed by atoms with Crippen LogP contribution in [0.25, 0.3) is 0 Å². The molecule has 9 nitrogen and oxygen atoms in total. The highest BCUT2D eigenvalue weighted by Crippen LogP contribution is 2.32. The average molecular weight is 383 g/mol. The zero-order chi connectivity index (χ0) is 19.9. The largest absolute Gasteiger partial charge is 0.497 e. The predicted octanol–water partition coefficient (Wildman–Crippen LogP) is 3.39. The number of nitrogens with one attached hydrogen (secondary N) is 2. The van der Waals surface area contributed by atoms with Gasteiger partial charge in [0.1, 0.15) is 11.5 Å². The molecule has 9 heteroatoms. The van der Waals surface area contributed by atoms with E-state index in [9.17, 15) is 0 Å². The topological polar surface area (TPSA) is 99.7 Å². The number of rotatable bonds is 8. The van der Waals surface area contributed by atoms with Crippen LogP contribution in [0.15, 0.2) is 42.6 Å². The lowest BCUT2D eigenvalue weighted by molar-refractivity contribution is 0.355. The van der Waals surface area contributed by atoms with E-state index < -0.39 is 0 Å². The highest BCUT2D eigenvalue weighted by atomic mass is 16.5. The summed E-state index contributed by atoms with van der Waals surface area (Å²) in [6.07, 6.45) is 1.52. The van der Waals surface area contributed by atoms with E-state index >= 15 is 0 Å². The second-order valence-corrected chi connectivity index (χ2v) is 5.55. The van der Waals surface area contributed by atoms with Gasteiger partial charge in [-0.25, -0.2) is 0 Å². The molecule has 3 aromatic rings. The number of hydrogen-bond donors (Lipinski definition) is 2. The molecule has 28 heavy (non-hydrogen) atoms. The first-order valence-corrected chi connectivity index (χ1v) is 8.34. The van der Waals surface area contributed by atoms with E-state index in [0.717, 1.165) is 5.69 Å². The predicted molar refractivity (Wildman–Crippen MR) is 105 cm³/mol. The molecular formula is C19H21N5O4. The van der Waals surface area contributed by atoms with Crippen LogP contribution < -0.4 is 29.6 Å². The van der Waals surface area contributed by atoms with Crippen LogP contribution in [0.4, 0.5) is 23.1 Å². The minimum absolute atomic E-state index is 0.314. The van der Waals surface area contributed by atoms with Crippen LogP contribution in [0.5, 0.6) is 23.0 Å². The second kappa shape index (κ2) is 8.76. The number of nitrogens with zero attached hydrogens (tertiary/aromatic N) is 3. The molecule has 0 saturated carbocycles. The third kappa shape index (κ3) is 4.32. The van der Waals surface area contributed by atoms with Crippen molar-refractivity contribution in [1.29, 1.82) is 0 Å². The Hall–Kier alpha value is -3.75. The summed E-state index contributed by atoms with van der Waals surface area (Å²) in [5, 5.41) is 14.2. The molecule has 0 radical (unpaired) electrons. The fraction of sp³-hybridized carbons (Fsp3) is 0.211. The molecule has 0 aliphatic rings. The summed E-state index contributed by atoms with van der Waals surface area (Å²) in [6, 6.07) is 10.8. The van der Waals surface area contributed by atoms with Crippen molar-refractivity contribution < 1.29 is 18.9 Å². The van der Waals surface area contributed by atoms with E-state index in [2.05, 4.69) is 25.8 Å². The Labute approximate surface area is 162 Å². The Morgan fingerprint density at radius 2 is 1.54 bits per heavy atom. The molecule has 2 aromatic carbocycles. The minimum Gasteiger partial charge on any atom is -0.497 e. The van der Waals surface area contributed by atoms with Crippen molar-refractivity contribution in [3.05, 3.63) is 42.6 Å². The number of methoxy groups -OCH3 is 4. The van der Waals surface area contributed by atoms with Crippen molar-refractivity contribution in [2.45, 2.75) is 0 Å². The van der Waals surface area contributed by atoms with E-state index in [1.165, 1.54) is 6.20 Å². The summed E-state index contributed by atoms with van der Waals surface area (Å²) in [6.45, 7) is 0. The zero-order valence-electron chi connectivity index (χ0n) is 16.0. The molecule has 3 rings (SSSR count). The molecule has 0 spiro atoms. The number of aromatic nitrogens is 3. The van der Waals surface area contributed by atoms with Gasteiger partial charge in [0, 0.05) is 17.8 Å². The monoisotopic (exact) mass is 383 g/mol. The fourth-order valence-electron chi connectivity index (χ4n) is 2.50. The van der Waals surface area contributed by atoms with Gasteiger partial charge in [0.05, 0.1) is 40.3 Å². The van der Waals surface area contributed by atoms with Crippen molar-refractivity contribution in [3.8, 4) is 23.0 Å². The zero-order valence-corrected chi connectivity index (χ0v) is 16.0. The Morgan fingerprint density at radius 1 is 0.750 bits per heavy atom. The number of anilines is 4. The van der Waals surface area contributed by atoms with E-state index in [0.29, 0.717) is 40.5 Å². The first kappa shape index (κ1) is 19.0. The van der Waals surface area contributed by atoms with Crippen LogP contribution in [0.3, 0.4) is 0 Å². The van der Waals surface area contributed by atoms with Crippen molar-refractivity contribution in [3.63, 3.8) is 0 Å². The van der Waals surface area contributed by atoms with E-state index in [1.807, 2.05) is 18.2 Å². The highest BCUT2D eigenvalue weighted by Gasteiger charge is 2.09. The third-order valence-electron chi connectivity index (χ3n) is 3.87. The quantitative estimate of drug-likeness (QED) is 0.606. The maximum absolute atomic E-state index is 5.37. The van der Waals surface area contributed by atoms with Gasteiger partial charge in [0.15, 0.2) is 17.3 Å². The minimum atomic E-state index is 0.314. The van der Waals surface area contributed by atoms with Gasteiger partial charge < -0.3 is 29.6 Å². The van der Waals surface area contributed by atoms with Gasteiger partial charge in [0.2, 0.25) is 5.95 Å². The van der Waals surface area contributed by atoms with Crippen LogP contribution in [-0.4, -0.2) is 43.6 Å². The van der Waals surface area contributed by atoms with Gasteiger partial charge in [-0.15, -0.1) is 5.10 Å². The van der Waals surface area contributed by atoms with Crippen molar-refractivity contribution in [2.24, 2.45) is 0 Å². The molecule has 0 unspecified atom stereocenters. The van der Waals surface area contributed by atoms with Crippen LogP contribution in [0.2, 0.25) is 0 Å². The first-order chi connectivity index (χ1) is 13.7. The molecule has 0 fully saturated rings. The summed E-state index contributed by atoms with van der Waals surface area (Å²) in [7, 11) is 6.34. The second-order valence-electron chi connectivity index (χ2n) is 5.55. The average Bonchev–Trinajstić information content (AvgIpc) is 2.74. The first-order valence-electron chi connectivity index (χ1n) is 8.34. The Bertz CT molecular complexity index is 951. The summed E-state index contributed by atoms with van der Waals surface area (Å²) < 4.78 is 21.1.